The quantitative estimate of drug-likeness (QED) is 0.322. The van der Waals surface area contributed by atoms with Crippen LogP contribution in [0, 0.1) is 6.92 Å². The van der Waals surface area contributed by atoms with E-state index in [1.54, 1.807) is 23.6 Å². The summed E-state index contributed by atoms with van der Waals surface area (Å²) in [5, 5.41) is 13.8. The molecule has 2 heterocycles. The zero-order valence-corrected chi connectivity index (χ0v) is 21.1. The molecule has 198 valence electrons. The van der Waals surface area contributed by atoms with E-state index in [0.717, 1.165) is 51.0 Å². The molecule has 1 fully saturated rings. The van der Waals surface area contributed by atoms with Crippen LogP contribution >= 0.6 is 0 Å². The molecule has 8 heteroatoms. The first-order valence-electron chi connectivity index (χ1n) is 12.8. The second-order valence-corrected chi connectivity index (χ2v) is 9.87. The maximum absolute atomic E-state index is 13.5. The van der Waals surface area contributed by atoms with Gasteiger partial charge in [-0.2, -0.15) is 13.2 Å². The lowest BCUT2D eigenvalue weighted by molar-refractivity contribution is -0.137. The normalized spacial score (nSPS) is 15.2. The molecule has 5 nitrogen and oxygen atoms in total. The third-order valence-electron chi connectivity index (χ3n) is 7.33. The molecule has 0 atom stereocenters. The molecule has 1 aliphatic heterocycles. The number of carbonyl (C=O) groups is 1. The lowest BCUT2D eigenvalue weighted by atomic mass is 10.0. The van der Waals surface area contributed by atoms with Crippen LogP contribution in [-0.4, -0.2) is 46.2 Å². The number of nitrogens with zero attached hydrogens (tertiary/aromatic N) is 2. The summed E-state index contributed by atoms with van der Waals surface area (Å²) in [6, 6.07) is 20.0. The van der Waals surface area contributed by atoms with Crippen LogP contribution in [0.25, 0.3) is 16.6 Å². The van der Waals surface area contributed by atoms with Gasteiger partial charge in [0.2, 0.25) is 0 Å². The number of alkyl halides is 3. The number of aromatic hydroxyl groups is 1. The molecule has 2 N–H and O–H groups in total. The molecular weight excluding hydrogens is 491 g/mol. The second-order valence-electron chi connectivity index (χ2n) is 9.87. The largest absolute Gasteiger partial charge is 0.508 e. The minimum Gasteiger partial charge on any atom is -0.508 e. The van der Waals surface area contributed by atoms with Crippen molar-refractivity contribution in [2.24, 2.45) is 0 Å². The van der Waals surface area contributed by atoms with E-state index in [1.165, 1.54) is 23.8 Å². The van der Waals surface area contributed by atoms with Crippen LogP contribution in [0.5, 0.6) is 5.75 Å². The molecule has 5 rings (SSSR count). The van der Waals surface area contributed by atoms with Gasteiger partial charge >= 0.3 is 6.18 Å². The van der Waals surface area contributed by atoms with Crippen LogP contribution in [-0.2, 0) is 12.6 Å². The molecule has 0 aliphatic carbocycles. The minimum absolute atomic E-state index is 0.000795. The molecule has 0 spiro atoms. The number of phenolic OH excluding ortho intramolecular Hbond substituents is 1. The molecule has 1 aromatic heterocycles. The number of nitrogens with one attached hydrogen (secondary N) is 1. The molecular formula is C30H30F3N3O2. The van der Waals surface area contributed by atoms with E-state index >= 15 is 0 Å². The molecule has 0 radical (unpaired) electrons. The third kappa shape index (κ3) is 5.41. The zero-order chi connectivity index (χ0) is 26.9. The summed E-state index contributed by atoms with van der Waals surface area (Å²) in [5.41, 5.74) is 2.28. The highest BCUT2D eigenvalue weighted by atomic mass is 19.4. The maximum atomic E-state index is 13.5. The van der Waals surface area contributed by atoms with Gasteiger partial charge in [-0.3, -0.25) is 4.79 Å². The summed E-state index contributed by atoms with van der Waals surface area (Å²) >= 11 is 0. The monoisotopic (exact) mass is 521 g/mol. The second kappa shape index (κ2) is 10.5. The Balaban J connectivity index is 1.35. The molecule has 38 heavy (non-hydrogen) atoms. The first kappa shape index (κ1) is 25.9. The van der Waals surface area contributed by atoms with Crippen LogP contribution in [0.4, 0.5) is 13.2 Å². The lowest BCUT2D eigenvalue weighted by Crippen LogP contribution is -2.45. The van der Waals surface area contributed by atoms with E-state index < -0.39 is 11.7 Å². The number of carbonyl (C=O) groups excluding carboxylic acids is 1. The summed E-state index contributed by atoms with van der Waals surface area (Å²) in [5.74, 6) is -0.300. The predicted octanol–water partition coefficient (Wildman–Crippen LogP) is 6.10. The van der Waals surface area contributed by atoms with Crippen molar-refractivity contribution in [3.8, 4) is 11.4 Å². The number of phenols is 1. The molecule has 3 aromatic carbocycles. The SMILES string of the molecule is Cc1c(C(=O)NC2CCN(CCc3ccccc3)CC2)c2cc(O)ccc2n1-c1cccc(C(F)(F)F)c1. The molecule has 0 bridgehead atoms. The Kier molecular flexibility index (Phi) is 7.17. The number of fused-ring (bicyclic) bond motifs is 1. The van der Waals surface area contributed by atoms with Gasteiger partial charge in [0, 0.05) is 42.4 Å². The van der Waals surface area contributed by atoms with Gasteiger partial charge < -0.3 is 19.9 Å². The summed E-state index contributed by atoms with van der Waals surface area (Å²) in [6.07, 6.45) is -1.87. The van der Waals surface area contributed by atoms with E-state index in [0.29, 0.717) is 27.8 Å². The number of hydrogen-bond donors (Lipinski definition) is 2. The van der Waals surface area contributed by atoms with Crippen molar-refractivity contribution in [2.75, 3.05) is 19.6 Å². The van der Waals surface area contributed by atoms with Crippen molar-refractivity contribution >= 4 is 16.8 Å². The fourth-order valence-electron chi connectivity index (χ4n) is 5.34. The van der Waals surface area contributed by atoms with Gasteiger partial charge in [-0.15, -0.1) is 0 Å². The molecule has 4 aromatic rings. The van der Waals surface area contributed by atoms with Gasteiger partial charge in [-0.25, -0.2) is 0 Å². The van der Waals surface area contributed by atoms with Crippen LogP contribution in [0.15, 0.2) is 72.8 Å². The van der Waals surface area contributed by atoms with E-state index in [4.69, 9.17) is 0 Å². The highest BCUT2D eigenvalue weighted by Gasteiger charge is 2.31. The molecule has 1 aliphatic rings. The Hall–Kier alpha value is -3.78. The van der Waals surface area contributed by atoms with Gasteiger partial charge in [0.15, 0.2) is 0 Å². The molecule has 0 unspecified atom stereocenters. The van der Waals surface area contributed by atoms with Crippen molar-refractivity contribution < 1.29 is 23.1 Å². The van der Waals surface area contributed by atoms with Crippen LogP contribution in [0.2, 0.25) is 0 Å². The van der Waals surface area contributed by atoms with Gasteiger partial charge in [-0.05, 0) is 68.1 Å². The highest BCUT2D eigenvalue weighted by Crippen LogP contribution is 2.35. The van der Waals surface area contributed by atoms with Crippen LogP contribution < -0.4 is 5.32 Å². The Morgan fingerprint density at radius 3 is 2.45 bits per heavy atom. The van der Waals surface area contributed by atoms with Crippen LogP contribution in [0.1, 0.15) is 40.0 Å². The summed E-state index contributed by atoms with van der Waals surface area (Å²) in [6.45, 7) is 4.44. The number of benzene rings is 3. The van der Waals surface area contributed by atoms with Gasteiger partial charge in [0.25, 0.3) is 5.91 Å². The van der Waals surface area contributed by atoms with E-state index in [1.807, 2.05) is 18.2 Å². The zero-order valence-electron chi connectivity index (χ0n) is 21.1. The standard InChI is InChI=1S/C30H30F3N3O2/c1-20-28(29(38)34-23-13-16-35(17-14-23)15-12-21-6-3-2-4-7-21)26-19-25(37)10-11-27(26)36(20)24-9-5-8-22(18-24)30(31,32)33/h2-11,18-19,23,37H,12-17H2,1H3,(H,34,38). The number of hydrogen-bond acceptors (Lipinski definition) is 3. The fourth-order valence-corrected chi connectivity index (χ4v) is 5.34. The van der Waals surface area contributed by atoms with Crippen molar-refractivity contribution in [2.45, 2.75) is 38.4 Å². The third-order valence-corrected chi connectivity index (χ3v) is 7.33. The van der Waals surface area contributed by atoms with Crippen LogP contribution in [0.3, 0.4) is 0 Å². The Labute approximate surface area is 219 Å². The number of piperidine rings is 1. The number of likely N-dealkylation sites (tertiary alicyclic amines) is 1. The van der Waals surface area contributed by atoms with Crippen molar-refractivity contribution in [1.29, 1.82) is 0 Å². The first-order valence-corrected chi connectivity index (χ1v) is 12.8. The fraction of sp³-hybridized carbons (Fsp3) is 0.300. The lowest BCUT2D eigenvalue weighted by Gasteiger charge is -2.32. The van der Waals surface area contributed by atoms with Crippen molar-refractivity contribution in [3.05, 3.63) is 95.2 Å². The molecule has 1 saturated heterocycles. The molecule has 1 amide bonds. The number of amides is 1. The number of halogens is 3. The summed E-state index contributed by atoms with van der Waals surface area (Å²) in [7, 11) is 0. The van der Waals surface area contributed by atoms with E-state index in [2.05, 4.69) is 22.3 Å². The Morgan fingerprint density at radius 2 is 1.74 bits per heavy atom. The van der Waals surface area contributed by atoms with Gasteiger partial charge in [0.05, 0.1) is 16.6 Å². The first-order chi connectivity index (χ1) is 18.2. The molecule has 0 saturated carbocycles. The van der Waals surface area contributed by atoms with Gasteiger partial charge in [0.1, 0.15) is 5.75 Å². The van der Waals surface area contributed by atoms with Gasteiger partial charge in [-0.1, -0.05) is 36.4 Å². The average Bonchev–Trinajstić information content (AvgIpc) is 3.19. The Morgan fingerprint density at radius 1 is 1.00 bits per heavy atom. The summed E-state index contributed by atoms with van der Waals surface area (Å²) < 4.78 is 41.8. The van der Waals surface area contributed by atoms with Crippen molar-refractivity contribution in [1.82, 2.24) is 14.8 Å². The smallest absolute Gasteiger partial charge is 0.416 e. The summed E-state index contributed by atoms with van der Waals surface area (Å²) in [4.78, 5) is 15.9. The minimum atomic E-state index is -4.48. The Bertz CT molecular complexity index is 1440. The average molecular weight is 522 g/mol. The maximum Gasteiger partial charge on any atom is 0.416 e. The topological polar surface area (TPSA) is 57.5 Å². The van der Waals surface area contributed by atoms with E-state index in [-0.39, 0.29) is 17.7 Å². The number of rotatable bonds is 6. The van der Waals surface area contributed by atoms with Crippen molar-refractivity contribution in [3.63, 3.8) is 0 Å². The number of aromatic nitrogens is 1. The predicted molar refractivity (Wildman–Crippen MR) is 142 cm³/mol. The van der Waals surface area contributed by atoms with E-state index in [9.17, 15) is 23.1 Å². The highest BCUT2D eigenvalue weighted by molar-refractivity contribution is 6.09.